The molecule has 4 rings (SSSR count). The summed E-state index contributed by atoms with van der Waals surface area (Å²) >= 11 is 0. The number of fused-ring (bicyclic) bond motifs is 3. The summed E-state index contributed by atoms with van der Waals surface area (Å²) in [5, 5.41) is 8.07. The molecule has 0 saturated heterocycles. The lowest BCUT2D eigenvalue weighted by molar-refractivity contribution is 0.420. The van der Waals surface area contributed by atoms with Gasteiger partial charge in [0.25, 0.3) is 0 Å². The zero-order valence-corrected chi connectivity index (χ0v) is 14.0. The Hall–Kier alpha value is -3.02. The Morgan fingerprint density at radius 3 is 2.50 bits per heavy atom. The van der Waals surface area contributed by atoms with Crippen LogP contribution in [0.1, 0.15) is 16.8 Å². The third-order valence-electron chi connectivity index (χ3n) is 4.32. The van der Waals surface area contributed by atoms with E-state index in [0.29, 0.717) is 16.8 Å². The van der Waals surface area contributed by atoms with Gasteiger partial charge in [0.1, 0.15) is 11.8 Å². The summed E-state index contributed by atoms with van der Waals surface area (Å²) < 4.78 is 7.59. The average molecular weight is 319 g/mol. The molecule has 0 unspecified atom stereocenters. The number of hydrogen-bond acceptors (Lipinski definition) is 5. The maximum absolute atomic E-state index is 5.75. The number of pyridine rings is 1. The maximum Gasteiger partial charge on any atom is 0.183 e. The SMILES string of the molecule is COc1c(-c2c(C)cccc2C)cnc2c1nc(C)c1nncn12. The molecule has 0 N–H and O–H groups in total. The van der Waals surface area contributed by atoms with E-state index in [1.165, 1.54) is 11.1 Å². The second-order valence-corrected chi connectivity index (χ2v) is 5.87. The molecule has 0 aliphatic rings. The molecule has 6 heteroatoms. The van der Waals surface area contributed by atoms with Crippen molar-refractivity contribution in [1.29, 1.82) is 0 Å². The Morgan fingerprint density at radius 2 is 1.79 bits per heavy atom. The molecule has 0 spiro atoms. The molecule has 0 fully saturated rings. The summed E-state index contributed by atoms with van der Waals surface area (Å²) in [4.78, 5) is 9.31. The Labute approximate surface area is 139 Å². The highest BCUT2D eigenvalue weighted by molar-refractivity contribution is 5.90. The van der Waals surface area contributed by atoms with E-state index in [1.54, 1.807) is 13.4 Å². The molecule has 24 heavy (non-hydrogen) atoms. The Morgan fingerprint density at radius 1 is 1.04 bits per heavy atom. The quantitative estimate of drug-likeness (QED) is 0.567. The molecular formula is C18H17N5O. The third-order valence-corrected chi connectivity index (χ3v) is 4.32. The number of nitrogens with zero attached hydrogens (tertiary/aromatic N) is 5. The van der Waals surface area contributed by atoms with Crippen LogP contribution in [0.15, 0.2) is 30.7 Å². The Balaban J connectivity index is 2.14. The molecular weight excluding hydrogens is 302 g/mol. The highest BCUT2D eigenvalue weighted by atomic mass is 16.5. The zero-order chi connectivity index (χ0) is 16.8. The monoisotopic (exact) mass is 319 g/mol. The lowest BCUT2D eigenvalue weighted by Crippen LogP contribution is -2.02. The smallest absolute Gasteiger partial charge is 0.183 e. The summed E-state index contributed by atoms with van der Waals surface area (Å²) in [6, 6.07) is 6.24. The molecule has 3 heterocycles. The van der Waals surface area contributed by atoms with Gasteiger partial charge in [-0.05, 0) is 37.5 Å². The molecule has 0 saturated carbocycles. The van der Waals surface area contributed by atoms with Crippen molar-refractivity contribution in [3.63, 3.8) is 0 Å². The van der Waals surface area contributed by atoms with Crippen molar-refractivity contribution in [1.82, 2.24) is 24.6 Å². The molecule has 0 amide bonds. The first-order valence-corrected chi connectivity index (χ1v) is 7.71. The van der Waals surface area contributed by atoms with Gasteiger partial charge in [-0.3, -0.25) is 4.40 Å². The van der Waals surface area contributed by atoms with Gasteiger partial charge in [-0.2, -0.15) is 0 Å². The highest BCUT2D eigenvalue weighted by Crippen LogP contribution is 2.38. The maximum atomic E-state index is 5.75. The summed E-state index contributed by atoms with van der Waals surface area (Å²) in [7, 11) is 1.67. The van der Waals surface area contributed by atoms with E-state index in [-0.39, 0.29) is 0 Å². The van der Waals surface area contributed by atoms with Crippen molar-refractivity contribution < 1.29 is 4.74 Å². The van der Waals surface area contributed by atoms with Gasteiger partial charge in [-0.25, -0.2) is 9.97 Å². The van der Waals surface area contributed by atoms with Crippen LogP contribution in [0, 0.1) is 20.8 Å². The van der Waals surface area contributed by atoms with Crippen molar-refractivity contribution in [2.45, 2.75) is 20.8 Å². The summed E-state index contributed by atoms with van der Waals surface area (Å²) in [6.07, 6.45) is 3.49. The van der Waals surface area contributed by atoms with Crippen molar-refractivity contribution in [3.8, 4) is 16.9 Å². The molecule has 1 aromatic carbocycles. The van der Waals surface area contributed by atoms with E-state index in [1.807, 2.05) is 17.5 Å². The van der Waals surface area contributed by atoms with Gasteiger partial charge in [0.15, 0.2) is 17.0 Å². The number of aryl methyl sites for hydroxylation is 3. The van der Waals surface area contributed by atoms with Crippen molar-refractivity contribution in [2.75, 3.05) is 7.11 Å². The van der Waals surface area contributed by atoms with Crippen LogP contribution in [0.5, 0.6) is 5.75 Å². The number of methoxy groups -OCH3 is 1. The molecule has 0 aliphatic heterocycles. The second kappa shape index (κ2) is 5.26. The fraction of sp³-hybridized carbons (Fsp3) is 0.222. The molecule has 0 radical (unpaired) electrons. The van der Waals surface area contributed by atoms with Crippen LogP contribution >= 0.6 is 0 Å². The number of aromatic nitrogens is 5. The molecule has 0 atom stereocenters. The van der Waals surface area contributed by atoms with Crippen LogP contribution in [0.25, 0.3) is 27.9 Å². The minimum absolute atomic E-state index is 0.687. The van der Waals surface area contributed by atoms with Gasteiger partial charge >= 0.3 is 0 Å². The van der Waals surface area contributed by atoms with Gasteiger partial charge < -0.3 is 4.74 Å². The normalized spacial score (nSPS) is 11.3. The fourth-order valence-electron chi connectivity index (χ4n) is 3.23. The van der Waals surface area contributed by atoms with E-state index < -0.39 is 0 Å². The number of hydrogen-bond donors (Lipinski definition) is 0. The lowest BCUT2D eigenvalue weighted by Gasteiger charge is -2.15. The van der Waals surface area contributed by atoms with Crippen LogP contribution in [-0.4, -0.2) is 31.7 Å². The molecule has 120 valence electrons. The molecule has 0 bridgehead atoms. The minimum atomic E-state index is 0.687. The van der Waals surface area contributed by atoms with Gasteiger partial charge in [-0.15, -0.1) is 10.2 Å². The molecule has 0 aliphatic carbocycles. The third kappa shape index (κ3) is 1.96. The number of benzene rings is 1. The Bertz CT molecular complexity index is 1060. The van der Waals surface area contributed by atoms with E-state index in [9.17, 15) is 0 Å². The fourth-order valence-corrected chi connectivity index (χ4v) is 3.23. The van der Waals surface area contributed by atoms with Gasteiger partial charge in [0.05, 0.1) is 12.8 Å². The van der Waals surface area contributed by atoms with E-state index in [4.69, 9.17) is 4.74 Å². The van der Waals surface area contributed by atoms with E-state index in [2.05, 4.69) is 52.2 Å². The van der Waals surface area contributed by atoms with Gasteiger partial charge in [-0.1, -0.05) is 18.2 Å². The topological polar surface area (TPSA) is 65.2 Å². The predicted octanol–water partition coefficient (Wildman–Crippen LogP) is 3.27. The number of rotatable bonds is 2. The minimum Gasteiger partial charge on any atom is -0.494 e. The summed E-state index contributed by atoms with van der Waals surface area (Å²) in [5.41, 5.74) is 7.32. The predicted molar refractivity (Wildman–Crippen MR) is 92.3 cm³/mol. The van der Waals surface area contributed by atoms with Crippen LogP contribution < -0.4 is 4.74 Å². The van der Waals surface area contributed by atoms with Crippen LogP contribution in [0.4, 0.5) is 0 Å². The average Bonchev–Trinajstić information content (AvgIpc) is 3.05. The summed E-state index contributed by atoms with van der Waals surface area (Å²) in [5.74, 6) is 0.719. The standard InChI is InChI=1S/C18H17N5O/c1-10-6-5-7-11(2)14(10)13-8-19-18-15(16(13)24-4)21-12(3)17-22-20-9-23(17)18/h5-9H,1-4H3. The zero-order valence-electron chi connectivity index (χ0n) is 14.0. The molecule has 4 aromatic rings. The largest absolute Gasteiger partial charge is 0.494 e. The van der Waals surface area contributed by atoms with Crippen LogP contribution in [-0.2, 0) is 0 Å². The van der Waals surface area contributed by atoms with Crippen LogP contribution in [0.2, 0.25) is 0 Å². The van der Waals surface area contributed by atoms with Crippen molar-refractivity contribution in [2.24, 2.45) is 0 Å². The van der Waals surface area contributed by atoms with Crippen LogP contribution in [0.3, 0.4) is 0 Å². The molecule has 6 nitrogen and oxygen atoms in total. The lowest BCUT2D eigenvalue weighted by atomic mass is 9.96. The van der Waals surface area contributed by atoms with Crippen molar-refractivity contribution >= 4 is 16.8 Å². The second-order valence-electron chi connectivity index (χ2n) is 5.87. The van der Waals surface area contributed by atoms with Gasteiger partial charge in [0, 0.05) is 11.8 Å². The Kier molecular flexibility index (Phi) is 3.19. The van der Waals surface area contributed by atoms with E-state index >= 15 is 0 Å². The first kappa shape index (κ1) is 14.6. The first-order valence-electron chi connectivity index (χ1n) is 7.71. The van der Waals surface area contributed by atoms with Gasteiger partial charge in [0.2, 0.25) is 0 Å². The van der Waals surface area contributed by atoms with E-state index in [0.717, 1.165) is 22.6 Å². The molecule has 3 aromatic heterocycles. The first-order chi connectivity index (χ1) is 11.6. The van der Waals surface area contributed by atoms with Crippen molar-refractivity contribution in [3.05, 3.63) is 47.5 Å². The number of ether oxygens (including phenoxy) is 1. The highest BCUT2D eigenvalue weighted by Gasteiger charge is 2.18. The summed E-state index contributed by atoms with van der Waals surface area (Å²) in [6.45, 7) is 6.09.